The largest absolute Gasteiger partial charge is 0.461 e. The van der Waals surface area contributed by atoms with E-state index in [0.29, 0.717) is 44.2 Å². The van der Waals surface area contributed by atoms with Gasteiger partial charge in [-0.3, -0.25) is 0 Å². The molecule has 1 fully saturated rings. The van der Waals surface area contributed by atoms with Crippen LogP contribution < -0.4 is 4.90 Å². The molecule has 4 rings (SSSR count). The summed E-state index contributed by atoms with van der Waals surface area (Å²) in [5, 5.41) is 4.06. The van der Waals surface area contributed by atoms with Crippen molar-refractivity contribution < 1.29 is 26.6 Å². The average Bonchev–Trinajstić information content (AvgIpc) is 3.34. The van der Waals surface area contributed by atoms with Crippen molar-refractivity contribution in [3.05, 3.63) is 60.2 Å². The van der Waals surface area contributed by atoms with Gasteiger partial charge in [-0.15, -0.1) is 0 Å². The fourth-order valence-electron chi connectivity index (χ4n) is 3.20. The highest BCUT2D eigenvalue weighted by atomic mass is 32.2. The monoisotopic (exact) mass is 392 g/mol. The fraction of sp³-hybridized carbons (Fsp3) is 0.278. The minimum atomic E-state index is -3.82. The highest BCUT2D eigenvalue weighted by Crippen LogP contribution is 2.21. The van der Waals surface area contributed by atoms with E-state index >= 15 is 0 Å². The lowest BCUT2D eigenvalue weighted by atomic mass is 10.3. The smallest absolute Gasteiger partial charge is 0.246 e. The van der Waals surface area contributed by atoms with Crippen LogP contribution in [0.15, 0.2) is 62.6 Å². The van der Waals surface area contributed by atoms with Crippen LogP contribution in [0.4, 0.5) is 4.39 Å². The summed E-state index contributed by atoms with van der Waals surface area (Å²) in [6.45, 7) is 2.49. The van der Waals surface area contributed by atoms with Crippen LogP contribution in [0.1, 0.15) is 5.69 Å². The molecule has 3 heterocycles. The predicted molar refractivity (Wildman–Crippen MR) is 93.8 cm³/mol. The van der Waals surface area contributed by atoms with Gasteiger partial charge < -0.3 is 13.8 Å². The molecule has 0 atom stereocenters. The minimum Gasteiger partial charge on any atom is -0.461 e. The van der Waals surface area contributed by atoms with E-state index in [4.69, 9.17) is 8.94 Å². The lowest BCUT2D eigenvalue weighted by Crippen LogP contribution is -3.13. The van der Waals surface area contributed by atoms with Crippen molar-refractivity contribution in [3.63, 3.8) is 0 Å². The van der Waals surface area contributed by atoms with Crippen molar-refractivity contribution in [3.8, 4) is 11.5 Å². The predicted octanol–water partition coefficient (Wildman–Crippen LogP) is 1.16. The van der Waals surface area contributed by atoms with Crippen molar-refractivity contribution in [1.82, 2.24) is 9.46 Å². The third-order valence-corrected chi connectivity index (χ3v) is 6.57. The summed E-state index contributed by atoms with van der Waals surface area (Å²) in [7, 11) is -3.82. The van der Waals surface area contributed by atoms with E-state index in [2.05, 4.69) is 5.16 Å². The number of piperazine rings is 1. The first kappa shape index (κ1) is 17.9. The second kappa shape index (κ2) is 7.26. The zero-order valence-electron chi connectivity index (χ0n) is 14.5. The number of quaternary nitrogens is 1. The summed E-state index contributed by atoms with van der Waals surface area (Å²) in [6.07, 6.45) is 1.57. The van der Waals surface area contributed by atoms with E-state index in [1.165, 1.54) is 27.4 Å². The van der Waals surface area contributed by atoms with Gasteiger partial charge in [0.25, 0.3) is 0 Å². The second-order valence-electron chi connectivity index (χ2n) is 6.42. The van der Waals surface area contributed by atoms with Crippen molar-refractivity contribution in [2.24, 2.45) is 0 Å². The number of aromatic nitrogens is 1. The van der Waals surface area contributed by atoms with Gasteiger partial charge in [0.2, 0.25) is 15.8 Å². The molecule has 0 unspecified atom stereocenters. The number of halogens is 1. The Labute approximate surface area is 156 Å². The molecule has 0 radical (unpaired) electrons. The Morgan fingerprint density at radius 2 is 1.89 bits per heavy atom. The van der Waals surface area contributed by atoms with Gasteiger partial charge in [0.1, 0.15) is 23.0 Å². The van der Waals surface area contributed by atoms with Crippen LogP contribution in [0.25, 0.3) is 11.5 Å². The molecule has 7 nitrogen and oxygen atoms in total. The highest BCUT2D eigenvalue weighted by Gasteiger charge is 2.32. The first-order chi connectivity index (χ1) is 13.0. The topological polar surface area (TPSA) is 81.0 Å². The molecular weight excluding hydrogens is 373 g/mol. The molecule has 1 aliphatic rings. The van der Waals surface area contributed by atoms with Gasteiger partial charge in [-0.25, -0.2) is 12.8 Å². The Bertz CT molecular complexity index is 1010. The maximum atomic E-state index is 13.9. The van der Waals surface area contributed by atoms with Crippen molar-refractivity contribution in [2.45, 2.75) is 11.4 Å². The lowest BCUT2D eigenvalue weighted by molar-refractivity contribution is -0.917. The normalized spacial score (nSPS) is 16.6. The SMILES string of the molecule is O=S(=O)(c1ccccc1F)N1CC[NH+](Cc2cc(-c3ccco3)on2)CC1. The second-order valence-corrected chi connectivity index (χ2v) is 8.33. The minimum absolute atomic E-state index is 0.270. The Morgan fingerprint density at radius 1 is 1.11 bits per heavy atom. The number of sulfonamides is 1. The number of nitrogens with zero attached hydrogens (tertiary/aromatic N) is 2. The van der Waals surface area contributed by atoms with Gasteiger partial charge in [0.15, 0.2) is 5.76 Å². The number of rotatable bonds is 5. The molecule has 27 heavy (non-hydrogen) atoms. The molecule has 1 N–H and O–H groups in total. The summed E-state index contributed by atoms with van der Waals surface area (Å²) in [6, 6.07) is 10.9. The van der Waals surface area contributed by atoms with E-state index in [9.17, 15) is 12.8 Å². The van der Waals surface area contributed by atoms with E-state index in [1.807, 2.05) is 6.07 Å². The molecular formula is C18H19FN3O4S+. The van der Waals surface area contributed by atoms with Crippen LogP contribution in [0.3, 0.4) is 0 Å². The molecule has 1 saturated heterocycles. The van der Waals surface area contributed by atoms with Crippen LogP contribution in [0, 0.1) is 5.82 Å². The third kappa shape index (κ3) is 3.66. The Hall–Kier alpha value is -2.49. The van der Waals surface area contributed by atoms with Gasteiger partial charge in [0.05, 0.1) is 32.4 Å². The van der Waals surface area contributed by atoms with Crippen molar-refractivity contribution >= 4 is 10.0 Å². The van der Waals surface area contributed by atoms with Crippen LogP contribution in [-0.4, -0.2) is 44.1 Å². The van der Waals surface area contributed by atoms with Crippen molar-refractivity contribution in [1.29, 1.82) is 0 Å². The summed E-state index contributed by atoms with van der Waals surface area (Å²) >= 11 is 0. The molecule has 0 aliphatic carbocycles. The summed E-state index contributed by atoms with van der Waals surface area (Å²) < 4.78 is 51.1. The number of hydrogen-bond donors (Lipinski definition) is 1. The number of nitrogens with one attached hydrogen (secondary N) is 1. The highest BCUT2D eigenvalue weighted by molar-refractivity contribution is 7.89. The van der Waals surface area contributed by atoms with E-state index in [0.717, 1.165) is 11.8 Å². The Kier molecular flexibility index (Phi) is 4.81. The molecule has 2 aromatic heterocycles. The third-order valence-electron chi connectivity index (χ3n) is 4.64. The molecule has 0 spiro atoms. The first-order valence-corrected chi connectivity index (χ1v) is 10.1. The maximum absolute atomic E-state index is 13.9. The van der Waals surface area contributed by atoms with Gasteiger partial charge in [-0.2, -0.15) is 4.31 Å². The summed E-state index contributed by atoms with van der Waals surface area (Å²) in [5.74, 6) is 0.458. The number of furan rings is 1. The molecule has 9 heteroatoms. The zero-order chi connectivity index (χ0) is 18.9. The molecule has 3 aromatic rings. The molecule has 0 saturated carbocycles. The first-order valence-electron chi connectivity index (χ1n) is 8.62. The quantitative estimate of drug-likeness (QED) is 0.705. The Balaban J connectivity index is 1.39. The van der Waals surface area contributed by atoms with E-state index in [1.54, 1.807) is 18.4 Å². The van der Waals surface area contributed by atoms with Gasteiger partial charge in [0, 0.05) is 6.07 Å². The zero-order valence-corrected chi connectivity index (χ0v) is 15.3. The standard InChI is InChI=1S/C18H18FN3O4S/c19-15-4-1-2-6-18(15)27(23,24)22-9-7-21(8-10-22)13-14-12-17(26-20-14)16-5-3-11-25-16/h1-6,11-12H,7-10,13H2/p+1. The van der Waals surface area contributed by atoms with Crippen LogP contribution in [-0.2, 0) is 16.6 Å². The lowest BCUT2D eigenvalue weighted by Gasteiger charge is -2.31. The molecule has 0 amide bonds. The van der Waals surface area contributed by atoms with Crippen molar-refractivity contribution in [2.75, 3.05) is 26.2 Å². The molecule has 142 valence electrons. The van der Waals surface area contributed by atoms with Gasteiger partial charge in [-0.05, 0) is 24.3 Å². The maximum Gasteiger partial charge on any atom is 0.246 e. The summed E-state index contributed by atoms with van der Waals surface area (Å²) in [5.41, 5.74) is 0.779. The van der Waals surface area contributed by atoms with Crippen LogP contribution in [0.2, 0.25) is 0 Å². The fourth-order valence-corrected chi connectivity index (χ4v) is 4.71. The van der Waals surface area contributed by atoms with Crippen LogP contribution >= 0.6 is 0 Å². The van der Waals surface area contributed by atoms with Gasteiger partial charge in [-0.1, -0.05) is 17.3 Å². The average molecular weight is 392 g/mol. The van der Waals surface area contributed by atoms with E-state index in [-0.39, 0.29) is 4.90 Å². The molecule has 1 aromatic carbocycles. The molecule has 0 bridgehead atoms. The Morgan fingerprint density at radius 3 is 2.59 bits per heavy atom. The van der Waals surface area contributed by atoms with Gasteiger partial charge >= 0.3 is 0 Å². The number of hydrogen-bond acceptors (Lipinski definition) is 5. The molecule has 1 aliphatic heterocycles. The number of benzene rings is 1. The van der Waals surface area contributed by atoms with E-state index < -0.39 is 15.8 Å². The van der Waals surface area contributed by atoms with Crippen LogP contribution in [0.5, 0.6) is 0 Å². The summed E-state index contributed by atoms with van der Waals surface area (Å²) in [4.78, 5) is 0.919.